The second-order valence-electron chi connectivity index (χ2n) is 2.51. The Morgan fingerprint density at radius 3 is 2.83 bits per heavy atom. The van der Waals surface area contributed by atoms with Crippen LogP contribution in [0, 0.1) is 6.92 Å². The highest BCUT2D eigenvalue weighted by Gasteiger charge is 2.03. The van der Waals surface area contributed by atoms with Crippen molar-refractivity contribution < 1.29 is 0 Å². The van der Waals surface area contributed by atoms with Gasteiger partial charge in [-0.2, -0.15) is 0 Å². The second-order valence-corrected chi connectivity index (χ2v) is 3.40. The predicted octanol–water partition coefficient (Wildman–Crippen LogP) is 2.51. The molecule has 2 aromatic rings. The van der Waals surface area contributed by atoms with Crippen LogP contribution >= 0.6 is 11.3 Å². The third kappa shape index (κ3) is 1.23. The summed E-state index contributed by atoms with van der Waals surface area (Å²) in [6.07, 6.45) is 3.60. The Hall–Kier alpha value is -1.22. The molecule has 0 amide bonds. The Morgan fingerprint density at radius 1 is 1.25 bits per heavy atom. The first-order valence-corrected chi connectivity index (χ1v) is 4.57. The lowest BCUT2D eigenvalue weighted by Gasteiger charge is -1.98. The fourth-order valence-corrected chi connectivity index (χ4v) is 1.75. The Balaban J connectivity index is 2.55. The van der Waals surface area contributed by atoms with Gasteiger partial charge < -0.3 is 0 Å². The van der Waals surface area contributed by atoms with E-state index in [1.165, 1.54) is 5.56 Å². The number of pyridine rings is 1. The maximum Gasteiger partial charge on any atom is 0.142 e. The molecule has 0 N–H and O–H groups in total. The molecule has 0 aliphatic rings. The van der Waals surface area contributed by atoms with Crippen LogP contribution in [0.5, 0.6) is 0 Å². The Bertz CT molecular complexity index is 368. The van der Waals surface area contributed by atoms with E-state index >= 15 is 0 Å². The average Bonchev–Trinajstić information content (AvgIpc) is 2.57. The summed E-state index contributed by atoms with van der Waals surface area (Å²) in [6.45, 7) is 2.05. The van der Waals surface area contributed by atoms with Gasteiger partial charge in [0.1, 0.15) is 10.7 Å². The molecule has 0 unspecified atom stereocenters. The van der Waals surface area contributed by atoms with Crippen molar-refractivity contribution in [1.82, 2.24) is 9.97 Å². The molecule has 0 aromatic carbocycles. The van der Waals surface area contributed by atoms with Gasteiger partial charge in [-0.1, -0.05) is 6.07 Å². The van der Waals surface area contributed by atoms with Crippen LogP contribution in [0.25, 0.3) is 10.7 Å². The van der Waals surface area contributed by atoms with Gasteiger partial charge in [-0.15, -0.1) is 11.3 Å². The van der Waals surface area contributed by atoms with Gasteiger partial charge >= 0.3 is 0 Å². The van der Waals surface area contributed by atoms with Gasteiger partial charge in [0, 0.05) is 17.8 Å². The van der Waals surface area contributed by atoms with Crippen molar-refractivity contribution in [3.63, 3.8) is 0 Å². The molecule has 0 fully saturated rings. The Labute approximate surface area is 74.9 Å². The molecular weight excluding hydrogens is 168 g/mol. The largest absolute Gasteiger partial charge is 0.253 e. The van der Waals surface area contributed by atoms with E-state index in [1.807, 2.05) is 24.4 Å². The Kier molecular flexibility index (Phi) is 1.87. The summed E-state index contributed by atoms with van der Waals surface area (Å²) in [5.41, 5.74) is 2.17. The average molecular weight is 176 g/mol. The van der Waals surface area contributed by atoms with E-state index in [9.17, 15) is 0 Å². The van der Waals surface area contributed by atoms with Crippen molar-refractivity contribution in [3.05, 3.63) is 35.5 Å². The van der Waals surface area contributed by atoms with Crippen LogP contribution in [-0.2, 0) is 0 Å². The molecule has 2 heterocycles. The predicted molar refractivity (Wildman–Crippen MR) is 50.1 cm³/mol. The number of aryl methyl sites for hydroxylation is 1. The molecule has 12 heavy (non-hydrogen) atoms. The molecular formula is C9H8N2S. The van der Waals surface area contributed by atoms with Crippen molar-refractivity contribution in [2.24, 2.45) is 0 Å². The number of rotatable bonds is 1. The van der Waals surface area contributed by atoms with Crippen LogP contribution in [0.3, 0.4) is 0 Å². The summed E-state index contributed by atoms with van der Waals surface area (Å²) in [4.78, 5) is 8.47. The van der Waals surface area contributed by atoms with Crippen LogP contribution in [0.1, 0.15) is 5.56 Å². The molecule has 0 bridgehead atoms. The summed E-state index contributed by atoms with van der Waals surface area (Å²) < 4.78 is 0. The number of hydrogen-bond donors (Lipinski definition) is 0. The van der Waals surface area contributed by atoms with Gasteiger partial charge in [-0.05, 0) is 18.6 Å². The molecule has 60 valence electrons. The lowest BCUT2D eigenvalue weighted by atomic mass is 10.2. The van der Waals surface area contributed by atoms with Gasteiger partial charge in [0.15, 0.2) is 0 Å². The standard InChI is InChI=1S/C9H8N2S/c1-7-3-2-4-10-8(7)9-11-5-6-12-9/h2-6H,1H3. The topological polar surface area (TPSA) is 25.8 Å². The minimum atomic E-state index is 0.993. The maximum absolute atomic E-state index is 4.27. The van der Waals surface area contributed by atoms with Crippen LogP contribution in [0.2, 0.25) is 0 Å². The second kappa shape index (κ2) is 3.03. The summed E-state index contributed by atoms with van der Waals surface area (Å²) >= 11 is 1.62. The molecule has 2 aromatic heterocycles. The molecule has 0 aliphatic heterocycles. The number of nitrogens with zero attached hydrogens (tertiary/aromatic N) is 2. The highest BCUT2D eigenvalue weighted by atomic mass is 32.1. The normalized spacial score (nSPS) is 10.1. The van der Waals surface area contributed by atoms with Gasteiger partial charge in [0.05, 0.1) is 0 Å². The molecule has 3 heteroatoms. The van der Waals surface area contributed by atoms with Crippen molar-refractivity contribution in [3.8, 4) is 10.7 Å². The first kappa shape index (κ1) is 7.43. The van der Waals surface area contributed by atoms with Crippen molar-refractivity contribution in [2.75, 3.05) is 0 Å². The van der Waals surface area contributed by atoms with E-state index in [2.05, 4.69) is 9.97 Å². The molecule has 0 atom stereocenters. The highest BCUT2D eigenvalue weighted by molar-refractivity contribution is 7.13. The van der Waals surface area contributed by atoms with Gasteiger partial charge in [0.25, 0.3) is 0 Å². The monoisotopic (exact) mass is 176 g/mol. The minimum absolute atomic E-state index is 0.993. The molecule has 0 saturated heterocycles. The van der Waals surface area contributed by atoms with E-state index < -0.39 is 0 Å². The molecule has 0 aliphatic carbocycles. The SMILES string of the molecule is Cc1cccnc1-c1nccs1. The molecule has 0 radical (unpaired) electrons. The zero-order valence-electron chi connectivity index (χ0n) is 6.69. The van der Waals surface area contributed by atoms with E-state index in [1.54, 1.807) is 23.7 Å². The minimum Gasteiger partial charge on any atom is -0.253 e. The zero-order chi connectivity index (χ0) is 8.39. The molecule has 2 nitrogen and oxygen atoms in total. The summed E-state index contributed by atoms with van der Waals surface area (Å²) in [6, 6.07) is 3.98. The quantitative estimate of drug-likeness (QED) is 0.667. The van der Waals surface area contributed by atoms with Gasteiger partial charge in [0.2, 0.25) is 0 Å². The smallest absolute Gasteiger partial charge is 0.142 e. The van der Waals surface area contributed by atoms with Crippen LogP contribution in [0.15, 0.2) is 29.9 Å². The van der Waals surface area contributed by atoms with E-state index in [0.29, 0.717) is 0 Å². The third-order valence-electron chi connectivity index (χ3n) is 1.64. The molecule has 2 rings (SSSR count). The Morgan fingerprint density at radius 2 is 2.17 bits per heavy atom. The van der Waals surface area contributed by atoms with E-state index in [0.717, 1.165) is 10.7 Å². The number of aromatic nitrogens is 2. The summed E-state index contributed by atoms with van der Waals surface area (Å²) in [5.74, 6) is 0. The first-order chi connectivity index (χ1) is 5.88. The van der Waals surface area contributed by atoms with Crippen molar-refractivity contribution >= 4 is 11.3 Å². The lowest BCUT2D eigenvalue weighted by Crippen LogP contribution is -1.85. The zero-order valence-corrected chi connectivity index (χ0v) is 7.51. The summed E-state index contributed by atoms with van der Waals surface area (Å²) in [5, 5.41) is 2.96. The lowest BCUT2D eigenvalue weighted by molar-refractivity contribution is 1.25. The maximum atomic E-state index is 4.27. The fraction of sp³-hybridized carbons (Fsp3) is 0.111. The van der Waals surface area contributed by atoms with Crippen molar-refractivity contribution in [1.29, 1.82) is 0 Å². The van der Waals surface area contributed by atoms with Gasteiger partial charge in [-0.3, -0.25) is 4.98 Å². The fourth-order valence-electron chi connectivity index (χ4n) is 1.05. The van der Waals surface area contributed by atoms with Crippen LogP contribution in [0.4, 0.5) is 0 Å². The summed E-state index contributed by atoms with van der Waals surface area (Å²) in [7, 11) is 0. The first-order valence-electron chi connectivity index (χ1n) is 3.69. The third-order valence-corrected chi connectivity index (χ3v) is 2.42. The molecule has 0 saturated carbocycles. The highest BCUT2D eigenvalue weighted by Crippen LogP contribution is 2.21. The van der Waals surface area contributed by atoms with E-state index in [4.69, 9.17) is 0 Å². The number of hydrogen-bond acceptors (Lipinski definition) is 3. The van der Waals surface area contributed by atoms with Crippen LogP contribution in [-0.4, -0.2) is 9.97 Å². The van der Waals surface area contributed by atoms with Crippen molar-refractivity contribution in [2.45, 2.75) is 6.92 Å². The van der Waals surface area contributed by atoms with Crippen LogP contribution < -0.4 is 0 Å². The molecule has 0 spiro atoms. The number of thiazole rings is 1. The van der Waals surface area contributed by atoms with Gasteiger partial charge in [-0.25, -0.2) is 4.98 Å². The van der Waals surface area contributed by atoms with E-state index in [-0.39, 0.29) is 0 Å².